The molecule has 0 spiro atoms. The van der Waals surface area contributed by atoms with E-state index in [2.05, 4.69) is 12.1 Å². The number of carbonyl (C=O) groups is 1. The lowest BCUT2D eigenvalue weighted by Gasteiger charge is -2.35. The Hall–Kier alpha value is -2.64. The first kappa shape index (κ1) is 22.6. The molecule has 32 heavy (non-hydrogen) atoms. The summed E-state index contributed by atoms with van der Waals surface area (Å²) in [4.78, 5) is 14.8. The minimum atomic E-state index is -3.50. The number of hydrogen-bond acceptors (Lipinski definition) is 4. The number of piperazine rings is 1. The SMILES string of the molecule is COc1ccc2c(c1)CCCC2CC(=O)N1CCN(S(=O)(=O)/C=C/c2ccccc2)CC1. The molecular formula is C25H30N2O4S. The molecular weight excluding hydrogens is 424 g/mol. The first-order chi connectivity index (χ1) is 15.5. The average Bonchev–Trinajstić information content (AvgIpc) is 2.83. The fourth-order valence-electron chi connectivity index (χ4n) is 4.58. The summed E-state index contributed by atoms with van der Waals surface area (Å²) in [6, 6.07) is 15.5. The highest BCUT2D eigenvalue weighted by atomic mass is 32.2. The van der Waals surface area contributed by atoms with Gasteiger partial charge in [-0.2, -0.15) is 4.31 Å². The number of rotatable bonds is 6. The number of benzene rings is 2. The van der Waals surface area contributed by atoms with Gasteiger partial charge in [-0.15, -0.1) is 0 Å². The molecule has 0 saturated carbocycles. The molecule has 1 fully saturated rings. The monoisotopic (exact) mass is 454 g/mol. The fraction of sp³-hybridized carbons (Fsp3) is 0.400. The zero-order chi connectivity index (χ0) is 22.6. The van der Waals surface area contributed by atoms with Crippen LogP contribution < -0.4 is 4.74 Å². The van der Waals surface area contributed by atoms with Gasteiger partial charge in [-0.1, -0.05) is 36.4 Å². The maximum atomic E-state index is 13.0. The summed E-state index contributed by atoms with van der Waals surface area (Å²) in [7, 11) is -1.83. The van der Waals surface area contributed by atoms with E-state index in [1.807, 2.05) is 41.3 Å². The third-order valence-corrected chi connectivity index (χ3v) is 7.96. The molecule has 2 aromatic carbocycles. The van der Waals surface area contributed by atoms with Gasteiger partial charge in [0, 0.05) is 38.0 Å². The largest absolute Gasteiger partial charge is 0.497 e. The Kier molecular flexibility index (Phi) is 6.96. The molecule has 170 valence electrons. The molecule has 1 unspecified atom stereocenters. The fourth-order valence-corrected chi connectivity index (χ4v) is 5.75. The summed E-state index contributed by atoms with van der Waals surface area (Å²) in [5.74, 6) is 1.18. The maximum absolute atomic E-state index is 13.0. The van der Waals surface area contributed by atoms with Crippen molar-refractivity contribution in [3.05, 3.63) is 70.6 Å². The number of nitrogens with zero attached hydrogens (tertiary/aromatic N) is 2. The van der Waals surface area contributed by atoms with E-state index in [9.17, 15) is 13.2 Å². The minimum absolute atomic E-state index is 0.107. The third-order valence-electron chi connectivity index (χ3n) is 6.39. The lowest BCUT2D eigenvalue weighted by molar-refractivity contribution is -0.132. The molecule has 2 aliphatic rings. The summed E-state index contributed by atoms with van der Waals surface area (Å²) < 4.78 is 32.1. The quantitative estimate of drug-likeness (QED) is 0.668. The Labute approximate surface area is 190 Å². The van der Waals surface area contributed by atoms with E-state index >= 15 is 0 Å². The summed E-state index contributed by atoms with van der Waals surface area (Å²) in [5.41, 5.74) is 3.36. The number of carbonyl (C=O) groups excluding carboxylic acids is 1. The summed E-state index contributed by atoms with van der Waals surface area (Å²) >= 11 is 0. The zero-order valence-corrected chi connectivity index (χ0v) is 19.3. The van der Waals surface area contributed by atoms with Crippen LogP contribution in [0.5, 0.6) is 5.75 Å². The van der Waals surface area contributed by atoms with Crippen LogP contribution in [-0.4, -0.2) is 56.8 Å². The molecule has 1 amide bonds. The number of amides is 1. The molecule has 1 aliphatic carbocycles. The first-order valence-electron chi connectivity index (χ1n) is 11.1. The highest BCUT2D eigenvalue weighted by Gasteiger charge is 2.30. The second kappa shape index (κ2) is 9.88. The van der Waals surface area contributed by atoms with Crippen LogP contribution in [-0.2, 0) is 21.2 Å². The van der Waals surface area contributed by atoms with E-state index in [4.69, 9.17) is 4.74 Å². The molecule has 4 rings (SSSR count). The highest BCUT2D eigenvalue weighted by Crippen LogP contribution is 2.36. The molecule has 1 atom stereocenters. The van der Waals surface area contributed by atoms with Gasteiger partial charge in [0.05, 0.1) is 7.11 Å². The predicted octanol–water partition coefficient (Wildman–Crippen LogP) is 3.65. The molecule has 1 saturated heterocycles. The number of sulfonamides is 1. The molecule has 0 radical (unpaired) electrons. The van der Waals surface area contributed by atoms with Crippen LogP contribution in [0.4, 0.5) is 0 Å². The van der Waals surface area contributed by atoms with Gasteiger partial charge in [0.15, 0.2) is 0 Å². The Bertz CT molecular complexity index is 1070. The lowest BCUT2D eigenvalue weighted by atomic mass is 9.80. The third kappa shape index (κ3) is 5.22. The van der Waals surface area contributed by atoms with E-state index in [-0.39, 0.29) is 11.8 Å². The standard InChI is InChI=1S/C25H30N2O4S/c1-31-23-10-11-24-21(18-23)8-5-9-22(24)19-25(28)26-13-15-27(16-14-26)32(29,30)17-12-20-6-3-2-4-7-20/h2-4,6-7,10-12,17-18,22H,5,8-9,13-16,19H2,1H3/b17-12+. The van der Waals surface area contributed by atoms with Gasteiger partial charge < -0.3 is 9.64 Å². The highest BCUT2D eigenvalue weighted by molar-refractivity contribution is 7.92. The number of ether oxygens (including phenoxy) is 1. The van der Waals surface area contributed by atoms with E-state index < -0.39 is 10.0 Å². The van der Waals surface area contributed by atoms with E-state index in [1.54, 1.807) is 13.2 Å². The lowest BCUT2D eigenvalue weighted by Crippen LogP contribution is -2.50. The van der Waals surface area contributed by atoms with Gasteiger partial charge in [-0.25, -0.2) is 8.42 Å². The molecule has 2 aromatic rings. The van der Waals surface area contributed by atoms with E-state index in [0.717, 1.165) is 30.6 Å². The molecule has 1 aliphatic heterocycles. The van der Waals surface area contributed by atoms with Gasteiger partial charge in [0.25, 0.3) is 0 Å². The second-order valence-corrected chi connectivity index (χ2v) is 10.2. The van der Waals surface area contributed by atoms with Crippen molar-refractivity contribution in [2.45, 2.75) is 31.6 Å². The van der Waals surface area contributed by atoms with E-state index in [1.165, 1.54) is 20.8 Å². The van der Waals surface area contributed by atoms with Crippen LogP contribution in [0.1, 0.15) is 41.9 Å². The van der Waals surface area contributed by atoms with Crippen LogP contribution >= 0.6 is 0 Å². The maximum Gasteiger partial charge on any atom is 0.236 e. The van der Waals surface area contributed by atoms with Gasteiger partial charge >= 0.3 is 0 Å². The topological polar surface area (TPSA) is 66.9 Å². The van der Waals surface area contributed by atoms with Crippen molar-refractivity contribution in [1.82, 2.24) is 9.21 Å². The molecule has 0 N–H and O–H groups in total. The number of aryl methyl sites for hydroxylation is 1. The van der Waals surface area contributed by atoms with Crippen molar-refractivity contribution in [3.63, 3.8) is 0 Å². The van der Waals surface area contributed by atoms with Gasteiger partial charge in [-0.3, -0.25) is 4.79 Å². The Morgan fingerprint density at radius 2 is 1.84 bits per heavy atom. The van der Waals surface area contributed by atoms with Crippen LogP contribution in [0.15, 0.2) is 53.9 Å². The van der Waals surface area contributed by atoms with Crippen molar-refractivity contribution in [3.8, 4) is 5.75 Å². The summed E-state index contributed by atoms with van der Waals surface area (Å²) in [6.45, 7) is 1.51. The van der Waals surface area contributed by atoms with Crippen LogP contribution in [0.2, 0.25) is 0 Å². The second-order valence-electron chi connectivity index (χ2n) is 8.40. The van der Waals surface area contributed by atoms with Crippen molar-refractivity contribution in [2.24, 2.45) is 0 Å². The summed E-state index contributed by atoms with van der Waals surface area (Å²) in [6.07, 6.45) is 5.17. The normalized spacial score (nSPS) is 19.7. The number of hydrogen-bond donors (Lipinski definition) is 0. The molecule has 0 bridgehead atoms. The number of methoxy groups -OCH3 is 1. The summed E-state index contributed by atoms with van der Waals surface area (Å²) in [5, 5.41) is 1.26. The molecule has 7 heteroatoms. The molecule has 6 nitrogen and oxygen atoms in total. The van der Waals surface area contributed by atoms with Gasteiger partial charge in [0.1, 0.15) is 5.75 Å². The van der Waals surface area contributed by atoms with Crippen molar-refractivity contribution >= 4 is 22.0 Å². The van der Waals surface area contributed by atoms with Gasteiger partial charge in [-0.05, 0) is 60.1 Å². The number of fused-ring (bicyclic) bond motifs is 1. The minimum Gasteiger partial charge on any atom is -0.497 e. The average molecular weight is 455 g/mol. The first-order valence-corrected chi connectivity index (χ1v) is 12.6. The Morgan fingerprint density at radius 1 is 1.09 bits per heavy atom. The Morgan fingerprint density at radius 3 is 2.56 bits per heavy atom. The predicted molar refractivity (Wildman–Crippen MR) is 126 cm³/mol. The Balaban J connectivity index is 1.34. The molecule has 0 aromatic heterocycles. The van der Waals surface area contributed by atoms with Crippen LogP contribution in [0.3, 0.4) is 0 Å². The van der Waals surface area contributed by atoms with Crippen molar-refractivity contribution in [1.29, 1.82) is 0 Å². The van der Waals surface area contributed by atoms with Gasteiger partial charge in [0.2, 0.25) is 15.9 Å². The molecule has 1 heterocycles. The van der Waals surface area contributed by atoms with Crippen LogP contribution in [0.25, 0.3) is 6.08 Å². The van der Waals surface area contributed by atoms with Crippen molar-refractivity contribution in [2.75, 3.05) is 33.3 Å². The van der Waals surface area contributed by atoms with Crippen molar-refractivity contribution < 1.29 is 17.9 Å². The smallest absolute Gasteiger partial charge is 0.236 e. The van der Waals surface area contributed by atoms with Crippen LogP contribution in [0, 0.1) is 0 Å². The zero-order valence-electron chi connectivity index (χ0n) is 18.4. The van der Waals surface area contributed by atoms with E-state index in [0.29, 0.717) is 32.6 Å².